The molecule has 0 fully saturated rings. The zero-order valence-corrected chi connectivity index (χ0v) is 14.8. The highest BCUT2D eigenvalue weighted by Crippen LogP contribution is 2.12. The average molecular weight is 334 g/mol. The molecular weight excluding hydrogens is 312 g/mol. The molecule has 0 atom stereocenters. The van der Waals surface area contributed by atoms with Crippen LogP contribution in [0.25, 0.3) is 18.3 Å². The van der Waals surface area contributed by atoms with Crippen molar-refractivity contribution in [1.82, 2.24) is 9.78 Å². The van der Waals surface area contributed by atoms with Crippen LogP contribution in [0.1, 0.15) is 23.6 Å². The van der Waals surface area contributed by atoms with Crippen LogP contribution >= 0.6 is 0 Å². The molecule has 25 heavy (non-hydrogen) atoms. The molecule has 1 heterocycles. The Morgan fingerprint density at radius 2 is 1.84 bits per heavy atom. The van der Waals surface area contributed by atoms with Crippen LogP contribution in [0.15, 0.2) is 47.3 Å². The molecule has 0 amide bonds. The smallest absolute Gasteiger partial charge is 0.279 e. The maximum absolute atomic E-state index is 12.8. The fourth-order valence-electron chi connectivity index (χ4n) is 2.68. The molecule has 3 aromatic rings. The lowest BCUT2D eigenvalue weighted by Crippen LogP contribution is -2.33. The first kappa shape index (κ1) is 16.8. The molecule has 0 radical (unpaired) electrons. The number of aromatic amines is 1. The second-order valence-electron chi connectivity index (χ2n) is 6.06. The highest BCUT2D eigenvalue weighted by atomic mass is 16.5. The molecule has 4 nitrogen and oxygen atoms in total. The van der Waals surface area contributed by atoms with Gasteiger partial charge in [-0.05, 0) is 67.8 Å². The Kier molecular flexibility index (Phi) is 4.61. The summed E-state index contributed by atoms with van der Waals surface area (Å²) in [6.45, 7) is 10.6. The Hall–Kier alpha value is -3.01. The summed E-state index contributed by atoms with van der Waals surface area (Å²) in [4.78, 5) is 12.8. The maximum atomic E-state index is 12.8. The molecule has 3 rings (SSSR count). The number of aromatic nitrogens is 2. The third kappa shape index (κ3) is 3.43. The van der Waals surface area contributed by atoms with Crippen LogP contribution in [-0.4, -0.2) is 16.4 Å². The van der Waals surface area contributed by atoms with E-state index < -0.39 is 0 Å². The third-order valence-corrected chi connectivity index (χ3v) is 4.26. The van der Waals surface area contributed by atoms with Crippen LogP contribution < -0.4 is 20.9 Å². The normalized spacial score (nSPS) is 11.7. The van der Waals surface area contributed by atoms with E-state index in [0.717, 1.165) is 22.6 Å². The standard InChI is InChI=1S/C21H22N2O2/c1-5-25-19-10-7-17(8-11-19)13-20-16(4)22-23(21(20)24)18-9-6-14(2)15(3)12-18/h6-13,22H,4-5H2,1-3H3/b20-13-. The minimum Gasteiger partial charge on any atom is -0.494 e. The van der Waals surface area contributed by atoms with E-state index in [1.165, 1.54) is 10.2 Å². The van der Waals surface area contributed by atoms with E-state index in [2.05, 4.69) is 18.6 Å². The van der Waals surface area contributed by atoms with Crippen molar-refractivity contribution in [3.8, 4) is 11.4 Å². The molecule has 1 aromatic heterocycles. The number of H-pyrrole nitrogens is 1. The van der Waals surface area contributed by atoms with Crippen molar-refractivity contribution in [2.24, 2.45) is 0 Å². The van der Waals surface area contributed by atoms with Gasteiger partial charge in [0.2, 0.25) is 0 Å². The van der Waals surface area contributed by atoms with Gasteiger partial charge < -0.3 is 4.74 Å². The van der Waals surface area contributed by atoms with Gasteiger partial charge >= 0.3 is 0 Å². The van der Waals surface area contributed by atoms with Crippen LogP contribution in [0.3, 0.4) is 0 Å². The average Bonchev–Trinajstić information content (AvgIpc) is 2.87. The number of hydrogen-bond donors (Lipinski definition) is 1. The van der Waals surface area contributed by atoms with E-state index in [4.69, 9.17) is 4.74 Å². The lowest BCUT2D eigenvalue weighted by molar-refractivity contribution is 0.340. The van der Waals surface area contributed by atoms with E-state index in [-0.39, 0.29) is 5.56 Å². The second kappa shape index (κ2) is 6.85. The van der Waals surface area contributed by atoms with E-state index in [9.17, 15) is 4.79 Å². The molecule has 0 aliphatic heterocycles. The fourth-order valence-corrected chi connectivity index (χ4v) is 2.68. The molecule has 0 saturated carbocycles. The molecule has 0 bridgehead atoms. The quantitative estimate of drug-likeness (QED) is 0.796. The summed E-state index contributed by atoms with van der Waals surface area (Å²) in [5.41, 5.74) is 3.96. The minimum atomic E-state index is -0.109. The second-order valence-corrected chi connectivity index (χ2v) is 6.06. The van der Waals surface area contributed by atoms with Crippen molar-refractivity contribution in [1.29, 1.82) is 0 Å². The van der Waals surface area contributed by atoms with E-state index in [0.29, 0.717) is 17.2 Å². The van der Waals surface area contributed by atoms with Crippen molar-refractivity contribution < 1.29 is 4.74 Å². The first-order valence-corrected chi connectivity index (χ1v) is 8.32. The summed E-state index contributed by atoms with van der Waals surface area (Å²) in [5.74, 6) is 0.816. The summed E-state index contributed by atoms with van der Waals surface area (Å²) in [5, 5.41) is 4.22. The number of nitrogens with zero attached hydrogens (tertiary/aromatic N) is 1. The van der Waals surface area contributed by atoms with Gasteiger partial charge in [0.05, 0.1) is 22.9 Å². The Bertz CT molecular complexity index is 1060. The molecule has 4 heteroatoms. The Labute approximate surface area is 146 Å². The highest BCUT2D eigenvalue weighted by molar-refractivity contribution is 5.51. The van der Waals surface area contributed by atoms with Crippen LogP contribution in [0.2, 0.25) is 0 Å². The molecular formula is C21H22N2O2. The molecule has 0 spiro atoms. The monoisotopic (exact) mass is 334 g/mol. The zero-order chi connectivity index (χ0) is 18.0. The first-order chi connectivity index (χ1) is 12.0. The fraction of sp³-hybridized carbons (Fsp3) is 0.190. The summed E-state index contributed by atoms with van der Waals surface area (Å²) in [6.07, 6.45) is 1.84. The number of hydrogen-bond acceptors (Lipinski definition) is 2. The topological polar surface area (TPSA) is 47.0 Å². The predicted octanol–water partition coefficient (Wildman–Crippen LogP) is 2.42. The molecule has 0 unspecified atom stereocenters. The van der Waals surface area contributed by atoms with Gasteiger partial charge in [-0.3, -0.25) is 9.89 Å². The van der Waals surface area contributed by atoms with Crippen molar-refractivity contribution in [2.75, 3.05) is 6.61 Å². The molecule has 0 aliphatic rings. The van der Waals surface area contributed by atoms with Crippen LogP contribution in [-0.2, 0) is 0 Å². The van der Waals surface area contributed by atoms with Crippen molar-refractivity contribution >= 4 is 12.7 Å². The number of rotatable bonds is 4. The zero-order valence-electron chi connectivity index (χ0n) is 14.8. The largest absolute Gasteiger partial charge is 0.494 e. The van der Waals surface area contributed by atoms with Crippen LogP contribution in [0, 0.1) is 13.8 Å². The summed E-state index contributed by atoms with van der Waals surface area (Å²) < 4.78 is 6.98. The van der Waals surface area contributed by atoms with E-state index in [1.54, 1.807) is 0 Å². The van der Waals surface area contributed by atoms with Gasteiger partial charge in [0.1, 0.15) is 5.75 Å². The van der Waals surface area contributed by atoms with Gasteiger partial charge in [0.15, 0.2) is 0 Å². The first-order valence-electron chi connectivity index (χ1n) is 8.32. The SMILES string of the molecule is C=c1[nH]n(-c2ccc(C)c(C)c2)c(=O)/c1=C\c1ccc(OCC)cc1. The number of nitrogens with one attached hydrogen (secondary N) is 1. The van der Waals surface area contributed by atoms with Gasteiger partial charge in [-0.1, -0.05) is 24.8 Å². The van der Waals surface area contributed by atoms with Gasteiger partial charge in [0, 0.05) is 0 Å². The summed E-state index contributed by atoms with van der Waals surface area (Å²) >= 11 is 0. The molecule has 1 N–H and O–H groups in total. The predicted molar refractivity (Wildman–Crippen MR) is 102 cm³/mol. The van der Waals surface area contributed by atoms with Crippen LogP contribution in [0.5, 0.6) is 5.75 Å². The van der Waals surface area contributed by atoms with Gasteiger partial charge in [0.25, 0.3) is 5.56 Å². The maximum Gasteiger partial charge on any atom is 0.279 e. The van der Waals surface area contributed by atoms with E-state index in [1.807, 2.05) is 62.4 Å². The van der Waals surface area contributed by atoms with Crippen molar-refractivity contribution in [2.45, 2.75) is 20.8 Å². The minimum absolute atomic E-state index is 0.109. The van der Waals surface area contributed by atoms with Crippen molar-refractivity contribution in [3.63, 3.8) is 0 Å². The van der Waals surface area contributed by atoms with Gasteiger partial charge in [-0.15, -0.1) is 0 Å². The molecule has 2 aromatic carbocycles. The molecule has 0 aliphatic carbocycles. The van der Waals surface area contributed by atoms with Gasteiger partial charge in [-0.2, -0.15) is 0 Å². The molecule has 128 valence electrons. The number of aryl methyl sites for hydroxylation is 2. The molecule has 0 saturated heterocycles. The summed E-state index contributed by atoms with van der Waals surface area (Å²) in [6, 6.07) is 13.6. The lowest BCUT2D eigenvalue weighted by Gasteiger charge is -2.04. The lowest BCUT2D eigenvalue weighted by atomic mass is 10.1. The number of ether oxygens (including phenoxy) is 1. The highest BCUT2D eigenvalue weighted by Gasteiger charge is 2.06. The van der Waals surface area contributed by atoms with Crippen molar-refractivity contribution in [3.05, 3.63) is 80.1 Å². The van der Waals surface area contributed by atoms with E-state index >= 15 is 0 Å². The number of benzene rings is 2. The third-order valence-electron chi connectivity index (χ3n) is 4.26. The Balaban J connectivity index is 2.06. The summed E-state index contributed by atoms with van der Waals surface area (Å²) in [7, 11) is 0. The van der Waals surface area contributed by atoms with Crippen LogP contribution in [0.4, 0.5) is 0 Å². The Morgan fingerprint density at radius 3 is 2.48 bits per heavy atom. The Morgan fingerprint density at radius 1 is 1.12 bits per heavy atom. The van der Waals surface area contributed by atoms with Gasteiger partial charge in [-0.25, -0.2) is 4.68 Å².